The minimum Gasteiger partial charge on any atom is -0.488 e. The predicted octanol–water partition coefficient (Wildman–Crippen LogP) is 5.94. The van der Waals surface area contributed by atoms with Gasteiger partial charge in [-0.25, -0.2) is 4.98 Å². The van der Waals surface area contributed by atoms with Gasteiger partial charge in [0, 0.05) is 57.9 Å². The number of para-hydroxylation sites is 1. The second-order valence-corrected chi connectivity index (χ2v) is 12.7. The molecule has 5 rings (SSSR count). The maximum atomic E-state index is 6.60. The van der Waals surface area contributed by atoms with Crippen molar-refractivity contribution in [1.82, 2.24) is 14.9 Å². The number of nitrogens with zero attached hydrogens (tertiary/aromatic N) is 4. The topological polar surface area (TPSA) is 93.2 Å². The van der Waals surface area contributed by atoms with Gasteiger partial charge in [-0.15, -0.1) is 0 Å². The highest BCUT2D eigenvalue weighted by molar-refractivity contribution is 7.56. The van der Waals surface area contributed by atoms with Crippen LogP contribution in [-0.4, -0.2) is 81.6 Å². The van der Waals surface area contributed by atoms with Crippen LogP contribution in [0.4, 0.5) is 28.8 Å². The van der Waals surface area contributed by atoms with E-state index >= 15 is 0 Å². The number of halogens is 1. The zero-order valence-electron chi connectivity index (χ0n) is 24.7. The molecule has 3 heterocycles. The maximum absolute atomic E-state index is 6.60. The van der Waals surface area contributed by atoms with Crippen molar-refractivity contribution in [2.75, 3.05) is 70.2 Å². The first kappa shape index (κ1) is 30.7. The average Bonchev–Trinajstić information content (AvgIpc) is 3.01. The van der Waals surface area contributed by atoms with Crippen LogP contribution in [0.3, 0.4) is 0 Å². The molecule has 0 saturated carbocycles. The Morgan fingerprint density at radius 2 is 1.74 bits per heavy atom. The zero-order chi connectivity index (χ0) is 29.5. The molecule has 3 aromatic rings. The van der Waals surface area contributed by atoms with Crippen LogP contribution in [0, 0.1) is 0 Å². The average molecular weight is 615 g/mol. The second kappa shape index (κ2) is 14.6. The lowest BCUT2D eigenvalue weighted by atomic mass is 10.0. The summed E-state index contributed by atoms with van der Waals surface area (Å²) in [4.78, 5) is 13.9. The minimum absolute atomic E-state index is 0.124. The Labute approximate surface area is 254 Å². The number of piperidine rings is 1. The highest BCUT2D eigenvalue weighted by atomic mass is 35.5. The molecular weight excluding hydrogens is 575 g/mol. The Hall–Kier alpha value is -2.72. The van der Waals surface area contributed by atoms with Gasteiger partial charge in [0.25, 0.3) is 0 Å². The number of rotatable bonds is 11. The molecule has 0 unspecified atom stereocenters. The summed E-state index contributed by atoms with van der Waals surface area (Å²) in [6.07, 6.45) is 5.71. The molecule has 2 N–H and O–H groups in total. The molecule has 226 valence electrons. The van der Waals surface area contributed by atoms with E-state index < -0.39 is 8.38 Å². The molecule has 42 heavy (non-hydrogen) atoms. The molecule has 2 saturated heterocycles. The fourth-order valence-electron chi connectivity index (χ4n) is 5.33. The molecule has 2 fully saturated rings. The number of ether oxygens (including phenoxy) is 2. The Balaban J connectivity index is 1.37. The van der Waals surface area contributed by atoms with Gasteiger partial charge in [-0.3, -0.25) is 0 Å². The molecule has 0 radical (unpaired) electrons. The minimum atomic E-state index is -1.24. The van der Waals surface area contributed by atoms with E-state index in [9.17, 15) is 0 Å². The Morgan fingerprint density at radius 1 is 1.00 bits per heavy atom. The number of nitrogens with one attached hydrogen (secondary N) is 2. The fraction of sp³-hybridized carbons (Fsp3) is 0.467. The first-order valence-electron chi connectivity index (χ1n) is 14.3. The van der Waals surface area contributed by atoms with E-state index in [1.165, 1.54) is 0 Å². The Kier molecular flexibility index (Phi) is 10.7. The molecule has 0 spiro atoms. The van der Waals surface area contributed by atoms with Crippen LogP contribution in [0.1, 0.15) is 25.7 Å². The summed E-state index contributed by atoms with van der Waals surface area (Å²) >= 11 is 6.51. The summed E-state index contributed by atoms with van der Waals surface area (Å²) in [7, 11) is 6.34. The lowest BCUT2D eigenvalue weighted by Gasteiger charge is -2.37. The van der Waals surface area contributed by atoms with Crippen molar-refractivity contribution in [3.8, 4) is 5.75 Å². The van der Waals surface area contributed by atoms with Crippen LogP contribution in [0.5, 0.6) is 5.75 Å². The normalized spacial score (nSPS) is 16.7. The molecular formula is C30H40ClN6O4P. The van der Waals surface area contributed by atoms with Crippen molar-refractivity contribution < 1.29 is 18.5 Å². The van der Waals surface area contributed by atoms with Crippen molar-refractivity contribution in [1.29, 1.82) is 0 Å². The summed E-state index contributed by atoms with van der Waals surface area (Å²) in [6.45, 7) is 3.43. The molecule has 0 aliphatic carbocycles. The van der Waals surface area contributed by atoms with Crippen LogP contribution >= 0.6 is 20.0 Å². The fourth-order valence-corrected chi connectivity index (χ4v) is 6.54. The molecule has 10 nitrogen and oxygen atoms in total. The van der Waals surface area contributed by atoms with E-state index in [1.807, 2.05) is 30.3 Å². The summed E-state index contributed by atoms with van der Waals surface area (Å²) in [5.74, 6) is 1.75. The van der Waals surface area contributed by atoms with Crippen LogP contribution in [-0.2, 0) is 13.8 Å². The van der Waals surface area contributed by atoms with E-state index in [0.29, 0.717) is 22.8 Å². The predicted molar refractivity (Wildman–Crippen MR) is 170 cm³/mol. The van der Waals surface area contributed by atoms with E-state index in [0.717, 1.165) is 80.1 Å². The van der Waals surface area contributed by atoms with E-state index in [1.54, 1.807) is 20.4 Å². The van der Waals surface area contributed by atoms with Crippen LogP contribution < -0.4 is 25.6 Å². The molecule has 2 aromatic carbocycles. The van der Waals surface area contributed by atoms with Crippen molar-refractivity contribution >= 4 is 54.1 Å². The lowest BCUT2D eigenvalue weighted by molar-refractivity contribution is 0.0257. The van der Waals surface area contributed by atoms with Crippen molar-refractivity contribution in [3.63, 3.8) is 0 Å². The first-order chi connectivity index (χ1) is 20.4. The van der Waals surface area contributed by atoms with Gasteiger partial charge >= 0.3 is 0 Å². The van der Waals surface area contributed by atoms with Gasteiger partial charge in [0.2, 0.25) is 14.3 Å². The van der Waals surface area contributed by atoms with Crippen LogP contribution in [0.15, 0.2) is 48.7 Å². The number of benzene rings is 2. The maximum Gasteiger partial charge on any atom is 0.229 e. The zero-order valence-corrected chi connectivity index (χ0v) is 26.3. The monoisotopic (exact) mass is 614 g/mol. The highest BCUT2D eigenvalue weighted by Crippen LogP contribution is 2.39. The SMILES string of the molecule is COP(OC)c1ccccc1Nc1nc(Nc2ccc(N3CCC(N(C)C)CC3)c(OC3CCOCC3)c2)ncc1Cl. The summed E-state index contributed by atoms with van der Waals surface area (Å²) in [6, 6.07) is 14.6. The summed E-state index contributed by atoms with van der Waals surface area (Å²) in [5, 5.41) is 7.97. The highest BCUT2D eigenvalue weighted by Gasteiger charge is 2.25. The van der Waals surface area contributed by atoms with Gasteiger partial charge in [-0.05, 0) is 51.2 Å². The smallest absolute Gasteiger partial charge is 0.229 e. The third-order valence-electron chi connectivity index (χ3n) is 7.64. The molecule has 0 bridgehead atoms. The second-order valence-electron chi connectivity index (χ2n) is 10.6. The van der Waals surface area contributed by atoms with Crippen molar-refractivity contribution in [2.45, 2.75) is 37.8 Å². The number of anilines is 5. The lowest BCUT2D eigenvalue weighted by Crippen LogP contribution is -2.42. The molecule has 0 atom stereocenters. The Bertz CT molecular complexity index is 1320. The standard InChI is InChI=1S/C30H40ClN6O4P/c1-36(2)22-11-15-37(16-12-22)26-10-9-21(19-27(26)41-23-13-17-40-18-14-23)33-30-32-20-24(31)29(35-30)34-25-7-5-6-8-28(25)42(38-3)39-4/h5-10,19-20,22-23H,11-18H2,1-4H3,(H2,32,33,34,35). The largest absolute Gasteiger partial charge is 0.488 e. The van der Waals surface area contributed by atoms with Gasteiger partial charge in [0.15, 0.2) is 5.82 Å². The van der Waals surface area contributed by atoms with Gasteiger partial charge < -0.3 is 39.0 Å². The van der Waals surface area contributed by atoms with Gasteiger partial charge in [0.1, 0.15) is 16.9 Å². The number of aromatic nitrogens is 2. The van der Waals surface area contributed by atoms with E-state index in [2.05, 4.69) is 56.6 Å². The Morgan fingerprint density at radius 3 is 2.45 bits per heavy atom. The molecule has 12 heteroatoms. The quantitative estimate of drug-likeness (QED) is 0.253. The van der Waals surface area contributed by atoms with Crippen LogP contribution in [0.2, 0.25) is 5.02 Å². The number of hydrogen-bond acceptors (Lipinski definition) is 10. The first-order valence-corrected chi connectivity index (χ1v) is 15.8. The van der Waals surface area contributed by atoms with Crippen LogP contribution in [0.25, 0.3) is 0 Å². The molecule has 2 aliphatic heterocycles. The van der Waals surface area contributed by atoms with Gasteiger partial charge in [-0.2, -0.15) is 4.98 Å². The van der Waals surface area contributed by atoms with Crippen molar-refractivity contribution in [2.24, 2.45) is 0 Å². The number of hydrogen-bond donors (Lipinski definition) is 2. The van der Waals surface area contributed by atoms with Crippen molar-refractivity contribution in [3.05, 3.63) is 53.7 Å². The molecule has 0 amide bonds. The van der Waals surface area contributed by atoms with E-state index in [-0.39, 0.29) is 6.10 Å². The summed E-state index contributed by atoms with van der Waals surface area (Å²) < 4.78 is 23.2. The third kappa shape index (κ3) is 7.61. The molecule has 2 aliphatic rings. The summed E-state index contributed by atoms with van der Waals surface area (Å²) in [5.41, 5.74) is 2.75. The van der Waals surface area contributed by atoms with E-state index in [4.69, 9.17) is 30.1 Å². The van der Waals surface area contributed by atoms with Gasteiger partial charge in [0.05, 0.1) is 36.1 Å². The third-order valence-corrected chi connectivity index (χ3v) is 9.37. The molecule has 1 aromatic heterocycles. The van der Waals surface area contributed by atoms with Gasteiger partial charge in [-0.1, -0.05) is 23.7 Å².